The highest BCUT2D eigenvalue weighted by molar-refractivity contribution is 5.92. The van der Waals surface area contributed by atoms with Gasteiger partial charge in [-0.2, -0.15) is 13.2 Å². The number of amides is 1. The van der Waals surface area contributed by atoms with E-state index in [1.54, 1.807) is 11.9 Å². The molecular weight excluding hydrogens is 539 g/mol. The average molecular weight is 588 g/mol. The molecule has 1 aromatic carbocycles. The van der Waals surface area contributed by atoms with Crippen molar-refractivity contribution in [3.05, 3.63) is 47.5 Å². The lowest BCUT2D eigenvalue weighted by atomic mass is 9.89. The van der Waals surface area contributed by atoms with Gasteiger partial charge in [0, 0.05) is 51.2 Å². The highest BCUT2D eigenvalue weighted by Crippen LogP contribution is 2.34. The lowest BCUT2D eigenvalue weighted by Gasteiger charge is -2.38. The van der Waals surface area contributed by atoms with E-state index < -0.39 is 18.6 Å². The number of nitrogens with one attached hydrogen (secondary N) is 1. The van der Waals surface area contributed by atoms with E-state index in [0.717, 1.165) is 41.0 Å². The molecule has 1 aromatic rings. The van der Waals surface area contributed by atoms with E-state index in [2.05, 4.69) is 6.58 Å². The van der Waals surface area contributed by atoms with Crippen LogP contribution in [-0.2, 0) is 9.59 Å². The van der Waals surface area contributed by atoms with Crippen LogP contribution in [0.15, 0.2) is 30.9 Å². The summed E-state index contributed by atoms with van der Waals surface area (Å²) in [4.78, 5) is 29.0. The summed E-state index contributed by atoms with van der Waals surface area (Å²) in [6, 6.07) is 5.77. The van der Waals surface area contributed by atoms with Crippen LogP contribution >= 0.6 is 0 Å². The highest BCUT2D eigenvalue weighted by atomic mass is 19.4. The summed E-state index contributed by atoms with van der Waals surface area (Å²) in [7, 11) is 1.74. The summed E-state index contributed by atoms with van der Waals surface area (Å²) in [6.45, 7) is 9.83. The minimum absolute atomic E-state index is 0.0803. The van der Waals surface area contributed by atoms with Gasteiger partial charge in [0.25, 0.3) is 0 Å². The maximum atomic E-state index is 13.6. The SMILES string of the molecule is C=C(CC(=N)CCC1CC1)c1ccc(C(C)C(=O)N(C)C2CCN(CC(F)(F)F)CC2)c(/C=C/CC(=O)CC(C)C)c1. The maximum absolute atomic E-state index is 13.6. The summed E-state index contributed by atoms with van der Waals surface area (Å²) in [5.41, 5.74) is 4.11. The van der Waals surface area contributed by atoms with Crippen molar-refractivity contribution >= 4 is 29.1 Å². The van der Waals surface area contributed by atoms with Gasteiger partial charge in [0.05, 0.1) is 12.5 Å². The summed E-state index contributed by atoms with van der Waals surface area (Å²) in [5, 5.41) is 8.40. The summed E-state index contributed by atoms with van der Waals surface area (Å²) < 4.78 is 38.4. The van der Waals surface area contributed by atoms with E-state index in [1.165, 1.54) is 17.7 Å². The predicted molar refractivity (Wildman–Crippen MR) is 165 cm³/mol. The molecule has 42 heavy (non-hydrogen) atoms. The van der Waals surface area contributed by atoms with Crippen LogP contribution in [0.5, 0.6) is 0 Å². The summed E-state index contributed by atoms with van der Waals surface area (Å²) in [5.74, 6) is 0.666. The van der Waals surface area contributed by atoms with Crippen molar-refractivity contribution in [3.8, 4) is 0 Å². The van der Waals surface area contributed by atoms with Crippen LogP contribution in [0.4, 0.5) is 13.2 Å². The predicted octanol–water partition coefficient (Wildman–Crippen LogP) is 7.91. The molecule has 1 saturated carbocycles. The molecule has 1 heterocycles. The van der Waals surface area contributed by atoms with Gasteiger partial charge in [-0.3, -0.25) is 14.5 Å². The number of likely N-dealkylation sites (N-methyl/N-ethyl adjacent to an activating group) is 1. The monoisotopic (exact) mass is 587 g/mol. The van der Waals surface area contributed by atoms with Crippen LogP contribution < -0.4 is 0 Å². The number of allylic oxidation sites excluding steroid dienone is 2. The molecule has 0 radical (unpaired) electrons. The molecule has 5 nitrogen and oxygen atoms in total. The Morgan fingerprint density at radius 1 is 1.14 bits per heavy atom. The number of nitrogens with zero attached hydrogens (tertiary/aromatic N) is 2. The van der Waals surface area contributed by atoms with Gasteiger partial charge < -0.3 is 10.3 Å². The number of piperidine rings is 1. The Morgan fingerprint density at radius 3 is 2.40 bits per heavy atom. The molecule has 0 bridgehead atoms. The molecule has 2 aliphatic rings. The van der Waals surface area contributed by atoms with Crippen molar-refractivity contribution in [1.82, 2.24) is 9.80 Å². The molecule has 1 saturated heterocycles. The molecule has 1 atom stereocenters. The number of likely N-dealkylation sites (tertiary alicyclic amines) is 1. The third kappa shape index (κ3) is 10.8. The Morgan fingerprint density at radius 2 is 1.81 bits per heavy atom. The topological polar surface area (TPSA) is 64.5 Å². The van der Waals surface area contributed by atoms with Crippen LogP contribution in [0.25, 0.3) is 11.6 Å². The molecule has 1 unspecified atom stereocenters. The Balaban J connectivity index is 1.73. The standard InChI is InChI=1S/C34H48F3N3O2/c1-23(2)19-31(41)8-6-7-28-21-27(24(3)20-29(38)13-11-26-9-10-26)12-14-32(28)25(4)33(42)39(5)30-15-17-40(18-16-30)22-34(35,36)37/h6-7,12,14,21,23,25-26,30,38H,3,8-11,13,15-20,22H2,1-2,4-5H3/b7-6+,38-29?. The van der Waals surface area contributed by atoms with Crippen molar-refractivity contribution in [2.45, 2.75) is 96.7 Å². The first-order valence-electron chi connectivity index (χ1n) is 15.4. The minimum Gasteiger partial charge on any atom is -0.342 e. The first-order chi connectivity index (χ1) is 19.7. The second-order valence-corrected chi connectivity index (χ2v) is 12.7. The Hall–Kier alpha value is -2.74. The number of hydrogen-bond acceptors (Lipinski definition) is 4. The molecular formula is C34H48F3N3O2. The zero-order valence-corrected chi connectivity index (χ0v) is 25.7. The molecule has 3 rings (SSSR count). The number of ketones is 1. The third-order valence-electron chi connectivity index (χ3n) is 8.44. The molecule has 0 spiro atoms. The number of carbonyl (C=O) groups excluding carboxylic acids is 2. The first kappa shape index (κ1) is 33.8. The zero-order valence-electron chi connectivity index (χ0n) is 25.7. The Kier molecular flexibility index (Phi) is 12.2. The minimum atomic E-state index is -4.22. The lowest BCUT2D eigenvalue weighted by Crippen LogP contribution is -2.48. The fourth-order valence-electron chi connectivity index (χ4n) is 5.76. The molecule has 1 N–H and O–H groups in total. The van der Waals surface area contributed by atoms with Gasteiger partial charge in [-0.05, 0) is 72.8 Å². The second kappa shape index (κ2) is 15.1. The average Bonchev–Trinajstić information content (AvgIpc) is 3.74. The maximum Gasteiger partial charge on any atom is 0.401 e. The normalized spacial score (nSPS) is 17.5. The van der Waals surface area contributed by atoms with E-state index in [4.69, 9.17) is 5.41 Å². The van der Waals surface area contributed by atoms with Gasteiger partial charge >= 0.3 is 6.18 Å². The van der Waals surface area contributed by atoms with Gasteiger partial charge in [-0.25, -0.2) is 0 Å². The van der Waals surface area contributed by atoms with Crippen LogP contribution in [0.3, 0.4) is 0 Å². The van der Waals surface area contributed by atoms with E-state index in [1.807, 2.05) is 51.1 Å². The van der Waals surface area contributed by atoms with E-state index in [9.17, 15) is 22.8 Å². The summed E-state index contributed by atoms with van der Waals surface area (Å²) >= 11 is 0. The van der Waals surface area contributed by atoms with Crippen LogP contribution in [0.2, 0.25) is 0 Å². The molecule has 232 valence electrons. The number of Topliss-reactive ketones (excluding diaryl/α,β-unsaturated/α-hetero) is 1. The number of halogens is 3. The van der Waals surface area contributed by atoms with Crippen molar-refractivity contribution < 1.29 is 22.8 Å². The largest absolute Gasteiger partial charge is 0.401 e. The zero-order chi connectivity index (χ0) is 31.0. The van der Waals surface area contributed by atoms with Crippen molar-refractivity contribution in [2.75, 3.05) is 26.7 Å². The molecule has 1 amide bonds. The number of benzene rings is 1. The number of carbonyl (C=O) groups is 2. The molecule has 2 fully saturated rings. The van der Waals surface area contributed by atoms with E-state index in [0.29, 0.717) is 50.9 Å². The van der Waals surface area contributed by atoms with E-state index in [-0.39, 0.29) is 23.7 Å². The van der Waals surface area contributed by atoms with Gasteiger partial charge in [0.15, 0.2) is 0 Å². The first-order valence-corrected chi connectivity index (χ1v) is 15.4. The second-order valence-electron chi connectivity index (χ2n) is 12.7. The fraction of sp³-hybridized carbons (Fsp3) is 0.618. The van der Waals surface area contributed by atoms with Crippen LogP contribution in [-0.4, -0.2) is 66.1 Å². The molecule has 8 heteroatoms. The van der Waals surface area contributed by atoms with Crippen LogP contribution in [0.1, 0.15) is 101 Å². The van der Waals surface area contributed by atoms with Gasteiger partial charge in [0.1, 0.15) is 5.78 Å². The Labute approximate surface area is 249 Å². The Bertz CT molecular complexity index is 1150. The molecule has 0 aromatic heterocycles. The number of rotatable bonds is 15. The van der Waals surface area contributed by atoms with Crippen molar-refractivity contribution in [3.63, 3.8) is 0 Å². The van der Waals surface area contributed by atoms with Gasteiger partial charge in [-0.15, -0.1) is 0 Å². The molecule has 1 aliphatic heterocycles. The number of hydrogen-bond donors (Lipinski definition) is 1. The molecule has 1 aliphatic carbocycles. The van der Waals surface area contributed by atoms with Gasteiger partial charge in [0.2, 0.25) is 5.91 Å². The van der Waals surface area contributed by atoms with Crippen molar-refractivity contribution in [2.24, 2.45) is 11.8 Å². The fourth-order valence-corrected chi connectivity index (χ4v) is 5.76. The lowest BCUT2D eigenvalue weighted by molar-refractivity contribution is -0.150. The third-order valence-corrected chi connectivity index (χ3v) is 8.44. The quantitative estimate of drug-likeness (QED) is 0.212. The summed E-state index contributed by atoms with van der Waals surface area (Å²) in [6.07, 6.45) is 6.27. The smallest absolute Gasteiger partial charge is 0.342 e. The van der Waals surface area contributed by atoms with Gasteiger partial charge in [-0.1, -0.05) is 57.6 Å². The van der Waals surface area contributed by atoms with Crippen LogP contribution in [0, 0.1) is 17.2 Å². The number of alkyl halides is 3. The van der Waals surface area contributed by atoms with E-state index >= 15 is 0 Å². The highest BCUT2D eigenvalue weighted by Gasteiger charge is 2.34. The van der Waals surface area contributed by atoms with Crippen molar-refractivity contribution in [1.29, 1.82) is 5.41 Å².